The average molecular weight is 278 g/mol. The molecule has 1 aromatic heterocycles. The molecule has 0 fully saturated rings. The maximum atomic E-state index is 13.0. The van der Waals surface area contributed by atoms with Crippen molar-refractivity contribution in [2.75, 3.05) is 0 Å². The maximum Gasteiger partial charge on any atom is 0.251 e. The maximum absolute atomic E-state index is 13.0. The van der Waals surface area contributed by atoms with Crippen molar-refractivity contribution in [2.45, 2.75) is 6.42 Å². The number of aromatic nitrogens is 2. The van der Waals surface area contributed by atoms with E-state index in [0.29, 0.717) is 12.1 Å². The van der Waals surface area contributed by atoms with Gasteiger partial charge in [-0.25, -0.2) is 4.39 Å². The number of carbonyl (C=O) groups is 1. The minimum atomic E-state index is -0.288. The predicted octanol–water partition coefficient (Wildman–Crippen LogP) is 3.55. The zero-order valence-corrected chi connectivity index (χ0v) is 11.1. The van der Waals surface area contributed by atoms with Crippen molar-refractivity contribution in [3.8, 4) is 22.5 Å². The summed E-state index contributed by atoms with van der Waals surface area (Å²) in [5.74, 6) is -0.332. The highest BCUT2D eigenvalue weighted by Gasteiger charge is 2.24. The first-order chi connectivity index (χ1) is 10.2. The zero-order chi connectivity index (χ0) is 14.4. The van der Waals surface area contributed by atoms with Gasteiger partial charge in [-0.2, -0.15) is 9.78 Å². The molecule has 4 heteroatoms. The van der Waals surface area contributed by atoms with Gasteiger partial charge in [0.2, 0.25) is 0 Å². The summed E-state index contributed by atoms with van der Waals surface area (Å²) in [6.07, 6.45) is 0.355. The van der Waals surface area contributed by atoms with Crippen molar-refractivity contribution >= 4 is 5.91 Å². The number of benzene rings is 2. The summed E-state index contributed by atoms with van der Waals surface area (Å²) in [5, 5.41) is 4.38. The SMILES string of the molecule is O=C1Cc2ccccc2-c2cc(-c3ccc(F)cc3)nn21. The lowest BCUT2D eigenvalue weighted by Crippen LogP contribution is -2.21. The highest BCUT2D eigenvalue weighted by atomic mass is 19.1. The first-order valence-electron chi connectivity index (χ1n) is 6.70. The van der Waals surface area contributed by atoms with E-state index in [1.807, 2.05) is 30.3 Å². The highest BCUT2D eigenvalue weighted by molar-refractivity contribution is 5.92. The van der Waals surface area contributed by atoms with E-state index in [4.69, 9.17) is 0 Å². The van der Waals surface area contributed by atoms with E-state index in [1.54, 1.807) is 12.1 Å². The molecule has 0 bridgehead atoms. The third-order valence-electron chi connectivity index (χ3n) is 3.72. The Morgan fingerprint density at radius 1 is 1.05 bits per heavy atom. The molecule has 0 saturated heterocycles. The van der Waals surface area contributed by atoms with Crippen molar-refractivity contribution in [2.24, 2.45) is 0 Å². The van der Waals surface area contributed by atoms with E-state index in [9.17, 15) is 9.18 Å². The first kappa shape index (κ1) is 12.0. The number of nitrogens with zero attached hydrogens (tertiary/aromatic N) is 2. The molecule has 102 valence electrons. The van der Waals surface area contributed by atoms with Crippen LogP contribution in [0.3, 0.4) is 0 Å². The van der Waals surface area contributed by atoms with Crippen LogP contribution in [-0.4, -0.2) is 15.7 Å². The largest absolute Gasteiger partial charge is 0.272 e. The quantitative estimate of drug-likeness (QED) is 0.682. The second-order valence-electron chi connectivity index (χ2n) is 5.06. The third kappa shape index (κ3) is 1.88. The summed E-state index contributed by atoms with van der Waals surface area (Å²) in [4.78, 5) is 12.2. The van der Waals surface area contributed by atoms with Crippen LogP contribution in [0.25, 0.3) is 22.5 Å². The van der Waals surface area contributed by atoms with Gasteiger partial charge in [-0.05, 0) is 35.9 Å². The van der Waals surface area contributed by atoms with Gasteiger partial charge in [-0.1, -0.05) is 24.3 Å². The van der Waals surface area contributed by atoms with Crippen LogP contribution in [0.1, 0.15) is 10.4 Å². The van der Waals surface area contributed by atoms with Gasteiger partial charge in [0.15, 0.2) is 0 Å². The Balaban J connectivity index is 1.89. The van der Waals surface area contributed by atoms with Crippen LogP contribution in [0.15, 0.2) is 54.6 Å². The molecule has 0 atom stereocenters. The fraction of sp³-hybridized carbons (Fsp3) is 0.0588. The topological polar surface area (TPSA) is 34.9 Å². The second-order valence-corrected chi connectivity index (χ2v) is 5.06. The van der Waals surface area contributed by atoms with Crippen molar-refractivity contribution in [3.05, 3.63) is 66.0 Å². The summed E-state index contributed by atoms with van der Waals surface area (Å²) >= 11 is 0. The van der Waals surface area contributed by atoms with Crippen LogP contribution >= 0.6 is 0 Å². The standard InChI is InChI=1S/C17H11FN2O/c18-13-7-5-11(6-8-13)15-10-16-14-4-2-1-3-12(14)9-17(21)20(16)19-15/h1-8,10H,9H2. The van der Waals surface area contributed by atoms with Gasteiger partial charge in [-0.3, -0.25) is 4.79 Å². The lowest BCUT2D eigenvalue weighted by Gasteiger charge is -2.15. The minimum Gasteiger partial charge on any atom is -0.272 e. The van der Waals surface area contributed by atoms with Crippen LogP contribution < -0.4 is 0 Å². The Morgan fingerprint density at radius 2 is 1.81 bits per heavy atom. The summed E-state index contributed by atoms with van der Waals surface area (Å²) in [5.41, 5.74) is 4.30. The van der Waals surface area contributed by atoms with Crippen molar-refractivity contribution in [1.82, 2.24) is 9.78 Å². The van der Waals surface area contributed by atoms with Crippen molar-refractivity contribution in [3.63, 3.8) is 0 Å². The summed E-state index contributed by atoms with van der Waals surface area (Å²) in [6, 6.07) is 15.8. The molecule has 4 rings (SSSR count). The monoisotopic (exact) mass is 278 g/mol. The third-order valence-corrected chi connectivity index (χ3v) is 3.72. The van der Waals surface area contributed by atoms with Crippen LogP contribution in [0.5, 0.6) is 0 Å². The molecule has 0 unspecified atom stereocenters. The second kappa shape index (κ2) is 4.38. The van der Waals surface area contributed by atoms with Gasteiger partial charge in [0.25, 0.3) is 5.91 Å². The van der Waals surface area contributed by atoms with E-state index in [0.717, 1.165) is 22.4 Å². The van der Waals surface area contributed by atoms with E-state index < -0.39 is 0 Å². The van der Waals surface area contributed by atoms with E-state index in [-0.39, 0.29) is 11.7 Å². The van der Waals surface area contributed by atoms with Crippen LogP contribution in [0.2, 0.25) is 0 Å². The lowest BCUT2D eigenvalue weighted by atomic mass is 9.98. The lowest BCUT2D eigenvalue weighted by molar-refractivity contribution is 0.0897. The van der Waals surface area contributed by atoms with Crippen LogP contribution in [0, 0.1) is 5.82 Å². The predicted molar refractivity (Wildman–Crippen MR) is 77.4 cm³/mol. The smallest absolute Gasteiger partial charge is 0.251 e. The fourth-order valence-corrected chi connectivity index (χ4v) is 2.69. The van der Waals surface area contributed by atoms with Crippen molar-refractivity contribution < 1.29 is 9.18 Å². The fourth-order valence-electron chi connectivity index (χ4n) is 2.69. The Morgan fingerprint density at radius 3 is 2.62 bits per heavy atom. The van der Waals surface area contributed by atoms with Gasteiger partial charge in [-0.15, -0.1) is 0 Å². The molecule has 0 N–H and O–H groups in total. The molecule has 2 heterocycles. The molecule has 1 aliphatic rings. The number of rotatable bonds is 1. The van der Waals surface area contributed by atoms with Crippen LogP contribution in [0.4, 0.5) is 4.39 Å². The average Bonchev–Trinajstić information content (AvgIpc) is 2.94. The van der Waals surface area contributed by atoms with Crippen molar-refractivity contribution in [1.29, 1.82) is 0 Å². The minimum absolute atomic E-state index is 0.0444. The molecular formula is C17H11FN2O. The summed E-state index contributed by atoms with van der Waals surface area (Å²) < 4.78 is 14.5. The molecule has 0 spiro atoms. The number of halogens is 1. The molecule has 0 amide bonds. The van der Waals surface area contributed by atoms with Gasteiger partial charge < -0.3 is 0 Å². The Bertz CT molecular complexity index is 849. The molecule has 0 saturated carbocycles. The number of hydrogen-bond donors (Lipinski definition) is 0. The molecule has 3 nitrogen and oxygen atoms in total. The molecule has 0 radical (unpaired) electrons. The Hall–Kier alpha value is -2.75. The van der Waals surface area contributed by atoms with Crippen LogP contribution in [-0.2, 0) is 6.42 Å². The molecular weight excluding hydrogens is 267 g/mol. The van der Waals surface area contributed by atoms with Gasteiger partial charge in [0.05, 0.1) is 17.8 Å². The summed E-state index contributed by atoms with van der Waals surface area (Å²) in [7, 11) is 0. The Kier molecular flexibility index (Phi) is 2.51. The number of fused-ring (bicyclic) bond motifs is 3. The zero-order valence-electron chi connectivity index (χ0n) is 11.1. The summed E-state index contributed by atoms with van der Waals surface area (Å²) in [6.45, 7) is 0. The molecule has 21 heavy (non-hydrogen) atoms. The van der Waals surface area contributed by atoms with E-state index >= 15 is 0 Å². The van der Waals surface area contributed by atoms with Gasteiger partial charge in [0, 0.05) is 11.1 Å². The normalized spacial score (nSPS) is 12.9. The molecule has 0 aliphatic carbocycles. The Labute approximate surface area is 120 Å². The van der Waals surface area contributed by atoms with E-state index in [2.05, 4.69) is 5.10 Å². The number of carbonyl (C=O) groups excluding carboxylic acids is 1. The molecule has 3 aromatic rings. The number of hydrogen-bond acceptors (Lipinski definition) is 2. The highest BCUT2D eigenvalue weighted by Crippen LogP contribution is 2.32. The molecule has 2 aromatic carbocycles. The first-order valence-corrected chi connectivity index (χ1v) is 6.70. The molecule has 1 aliphatic heterocycles. The van der Waals surface area contributed by atoms with Gasteiger partial charge >= 0.3 is 0 Å². The van der Waals surface area contributed by atoms with E-state index in [1.165, 1.54) is 16.8 Å². The van der Waals surface area contributed by atoms with Gasteiger partial charge in [0.1, 0.15) is 5.82 Å².